The van der Waals surface area contributed by atoms with Gasteiger partial charge in [-0.25, -0.2) is 0 Å². The van der Waals surface area contributed by atoms with E-state index >= 15 is 0 Å². The van der Waals surface area contributed by atoms with E-state index in [1.54, 1.807) is 0 Å². The zero-order chi connectivity index (χ0) is 0. The van der Waals surface area contributed by atoms with Gasteiger partial charge in [-0.1, -0.05) is 0 Å². The van der Waals surface area contributed by atoms with Crippen LogP contribution in [0.4, 0.5) is 0 Å². The van der Waals surface area contributed by atoms with E-state index in [0.717, 1.165) is 0 Å². The standard InChI is InChI=1S/14Pd.Rh. The van der Waals surface area contributed by atoms with Gasteiger partial charge in [-0.05, 0) is 0 Å². The Morgan fingerprint density at radius 3 is 0.133 bits per heavy atom. The van der Waals surface area contributed by atoms with Gasteiger partial charge in [0.25, 0.3) is 0 Å². The third-order valence-electron chi connectivity index (χ3n) is 0. The third-order valence-corrected chi connectivity index (χ3v) is 0. The summed E-state index contributed by atoms with van der Waals surface area (Å²) in [6.45, 7) is 0. The Bertz CT molecular complexity index is 5.30. The van der Waals surface area contributed by atoms with Crippen LogP contribution < -0.4 is 0 Å². The molecule has 0 aliphatic carbocycles. The van der Waals surface area contributed by atoms with Crippen molar-refractivity contribution in [2.24, 2.45) is 0 Å². The van der Waals surface area contributed by atoms with Crippen molar-refractivity contribution in [1.82, 2.24) is 0 Å². The van der Waals surface area contributed by atoms with Crippen molar-refractivity contribution in [3.8, 4) is 0 Å². The molecule has 0 N–H and O–H groups in total. The number of hydrogen-bond acceptors (Lipinski definition) is 0. The first kappa shape index (κ1) is 145. The van der Waals surface area contributed by atoms with Crippen molar-refractivity contribution in [2.45, 2.75) is 0 Å². The summed E-state index contributed by atoms with van der Waals surface area (Å²) in [4.78, 5) is 0. The van der Waals surface area contributed by atoms with Crippen LogP contribution in [0.25, 0.3) is 0 Å². The van der Waals surface area contributed by atoms with E-state index < -0.39 is 0 Å². The van der Waals surface area contributed by atoms with Gasteiger partial charge in [-0.2, -0.15) is 0 Å². The maximum atomic E-state index is 0. The van der Waals surface area contributed by atoms with Crippen LogP contribution in [0.5, 0.6) is 0 Å². The fraction of sp³-hybridized carbons (Fsp3) is 0. The molecule has 0 spiro atoms. The van der Waals surface area contributed by atoms with Crippen molar-refractivity contribution in [2.75, 3.05) is 0 Å². The molecule has 0 unspecified atom stereocenters. The van der Waals surface area contributed by atoms with Crippen LogP contribution in [0.1, 0.15) is 0 Å². The van der Waals surface area contributed by atoms with E-state index in [1.165, 1.54) is 0 Å². The van der Waals surface area contributed by atoms with Gasteiger partial charge in [-0.3, -0.25) is 0 Å². The molecule has 149 valence electrons. The van der Waals surface area contributed by atoms with Gasteiger partial charge >= 0.3 is 0 Å². The molecule has 0 aromatic heterocycles. The second-order valence-corrected chi connectivity index (χ2v) is 0. The van der Waals surface area contributed by atoms with Crippen molar-refractivity contribution < 1.29 is 305 Å². The SMILES string of the molecule is [Pd].[Pd].[Pd].[Pd].[Pd].[Pd].[Pd].[Pd].[Pd].[Pd].[Pd].[Pd].[Pd].[Pd].[Rh]. The minimum absolute atomic E-state index is 0. The molecule has 0 fully saturated rings. The van der Waals surface area contributed by atoms with E-state index in [2.05, 4.69) is 0 Å². The van der Waals surface area contributed by atoms with Gasteiger partial charge in [0, 0.05) is 305 Å². The Hall–Kier alpha value is 9.90. The van der Waals surface area contributed by atoms with Crippen LogP contribution in [-0.2, 0) is 305 Å². The van der Waals surface area contributed by atoms with Crippen molar-refractivity contribution in [3.63, 3.8) is 0 Å². The number of rotatable bonds is 0. The summed E-state index contributed by atoms with van der Waals surface area (Å²) < 4.78 is 0. The maximum Gasteiger partial charge on any atom is 0 e. The molecule has 0 saturated carbocycles. The molecule has 0 aliphatic heterocycles. The Morgan fingerprint density at radius 1 is 0.133 bits per heavy atom. The summed E-state index contributed by atoms with van der Waals surface area (Å²) in [7, 11) is 0. The first-order chi connectivity index (χ1) is 0. The average molecular weight is 1590 g/mol. The zero-order valence-corrected chi connectivity index (χ0v) is 28.2. The van der Waals surface area contributed by atoms with Crippen LogP contribution in [0.15, 0.2) is 0 Å². The molecular formula is Pd14Rh. The van der Waals surface area contributed by atoms with Gasteiger partial charge in [0.2, 0.25) is 0 Å². The first-order valence-corrected chi connectivity index (χ1v) is 0. The van der Waals surface area contributed by atoms with E-state index in [-0.39, 0.29) is 305 Å². The van der Waals surface area contributed by atoms with Crippen molar-refractivity contribution >= 4 is 0 Å². The van der Waals surface area contributed by atoms with Gasteiger partial charge in [0.05, 0.1) is 0 Å². The molecule has 0 atom stereocenters. The van der Waals surface area contributed by atoms with Gasteiger partial charge in [-0.15, -0.1) is 0 Å². The average Bonchev–Trinajstić information content (AvgIpc) is 0. The normalized spacial score (nSPS) is 0. The summed E-state index contributed by atoms with van der Waals surface area (Å²) >= 11 is 0. The predicted octanol–water partition coefficient (Wildman–Crippen LogP) is -0.0375. The number of hydrogen-bond donors (Lipinski definition) is 0. The monoisotopic (exact) mass is 1590 g/mol. The second kappa shape index (κ2) is 128. The molecule has 0 amide bonds. The Labute approximate surface area is 297 Å². The summed E-state index contributed by atoms with van der Waals surface area (Å²) in [5.41, 5.74) is 0. The molecule has 15 heteroatoms. The Kier molecular flexibility index (Phi) is 1240. The molecule has 0 rings (SSSR count). The van der Waals surface area contributed by atoms with Crippen molar-refractivity contribution in [3.05, 3.63) is 0 Å². The smallest absolute Gasteiger partial charge is 0 e. The molecule has 0 bridgehead atoms. The zero-order valence-electron chi connectivity index (χ0n) is 4.76. The second-order valence-electron chi connectivity index (χ2n) is 0. The van der Waals surface area contributed by atoms with E-state index in [9.17, 15) is 0 Å². The molecule has 1 radical (unpaired) electrons. The van der Waals surface area contributed by atoms with E-state index in [0.29, 0.717) is 0 Å². The minimum Gasteiger partial charge on any atom is 0 e. The molecule has 0 heterocycles. The van der Waals surface area contributed by atoms with Crippen LogP contribution in [0.3, 0.4) is 0 Å². The van der Waals surface area contributed by atoms with Crippen LogP contribution in [-0.4, -0.2) is 0 Å². The van der Waals surface area contributed by atoms with Gasteiger partial charge in [0.15, 0.2) is 0 Å². The molecule has 0 aromatic carbocycles. The predicted molar refractivity (Wildman–Crippen MR) is 0 cm³/mol. The molecule has 0 nitrogen and oxygen atoms in total. The Balaban J connectivity index is 0. The fourth-order valence-electron chi connectivity index (χ4n) is 0. The van der Waals surface area contributed by atoms with Crippen LogP contribution in [0.2, 0.25) is 0 Å². The summed E-state index contributed by atoms with van der Waals surface area (Å²) in [6, 6.07) is 0. The minimum atomic E-state index is 0. The molecule has 0 saturated heterocycles. The van der Waals surface area contributed by atoms with Crippen LogP contribution >= 0.6 is 0 Å². The largest absolute Gasteiger partial charge is 0 e. The molecule has 0 aliphatic rings. The molecular weight excluding hydrogens is 1590 g/mol. The quantitative estimate of drug-likeness (QED) is 0.300. The van der Waals surface area contributed by atoms with Crippen LogP contribution in [0, 0.1) is 0 Å². The first-order valence-electron chi connectivity index (χ1n) is 0. The fourth-order valence-corrected chi connectivity index (χ4v) is 0. The summed E-state index contributed by atoms with van der Waals surface area (Å²) in [5, 5.41) is 0. The summed E-state index contributed by atoms with van der Waals surface area (Å²) in [6.07, 6.45) is 0. The maximum absolute atomic E-state index is 0. The van der Waals surface area contributed by atoms with Gasteiger partial charge in [0.1, 0.15) is 0 Å². The topological polar surface area (TPSA) is 0 Å². The summed E-state index contributed by atoms with van der Waals surface area (Å²) in [5.74, 6) is 0. The molecule has 15 heavy (non-hydrogen) atoms. The molecule has 0 aromatic rings. The van der Waals surface area contributed by atoms with E-state index in [1.807, 2.05) is 0 Å². The van der Waals surface area contributed by atoms with E-state index in [4.69, 9.17) is 0 Å². The van der Waals surface area contributed by atoms with Crippen molar-refractivity contribution in [1.29, 1.82) is 0 Å². The Morgan fingerprint density at radius 2 is 0.133 bits per heavy atom. The van der Waals surface area contributed by atoms with Gasteiger partial charge < -0.3 is 0 Å². The third kappa shape index (κ3) is 117.